The maximum absolute atomic E-state index is 3.42. The first-order valence-electron chi connectivity index (χ1n) is 12.2. The Morgan fingerprint density at radius 1 is 0.500 bits per heavy atom. The van der Waals surface area contributed by atoms with E-state index in [1.165, 1.54) is 22.3 Å². The summed E-state index contributed by atoms with van der Waals surface area (Å²) in [4.78, 5) is 6.84. The van der Waals surface area contributed by atoms with Gasteiger partial charge in [-0.15, -0.1) is 0 Å². The van der Waals surface area contributed by atoms with Crippen LogP contribution in [0.5, 0.6) is 0 Å². The Kier molecular flexibility index (Phi) is 10.3. The van der Waals surface area contributed by atoms with Crippen LogP contribution in [0.15, 0.2) is 110 Å². The highest BCUT2D eigenvalue weighted by Crippen LogP contribution is 2.21. The zero-order valence-corrected chi connectivity index (χ0v) is 21.8. The molecule has 0 saturated heterocycles. The topological polar surface area (TPSA) is 39.3 Å². The van der Waals surface area contributed by atoms with Crippen molar-refractivity contribution >= 4 is 0 Å². The number of aromatic nitrogens is 4. The summed E-state index contributed by atoms with van der Waals surface area (Å²) in [5, 5.41) is 0. The van der Waals surface area contributed by atoms with Gasteiger partial charge in [0.2, 0.25) is 12.7 Å². The molecule has 2 aromatic heterocycles. The van der Waals surface area contributed by atoms with Gasteiger partial charge in [0.05, 0.1) is 13.1 Å². The molecule has 0 fully saturated rings. The Morgan fingerprint density at radius 3 is 1.28 bits per heavy atom. The normalized spacial score (nSPS) is 10.4. The van der Waals surface area contributed by atoms with Gasteiger partial charge in [0.25, 0.3) is 0 Å². The molecule has 2 N–H and O–H groups in total. The number of nitrogens with zero attached hydrogens (tertiary/aromatic N) is 2. The van der Waals surface area contributed by atoms with E-state index in [0.29, 0.717) is 0 Å². The summed E-state index contributed by atoms with van der Waals surface area (Å²) in [6.07, 6.45) is 13.0. The van der Waals surface area contributed by atoms with E-state index in [1.54, 1.807) is 0 Å². The highest BCUT2D eigenvalue weighted by molar-refractivity contribution is 5.65. The summed E-state index contributed by atoms with van der Waals surface area (Å²) >= 11 is 0. The molecule has 0 aliphatic rings. The predicted octanol–water partition coefficient (Wildman–Crippen LogP) is -0.475. The lowest BCUT2D eigenvalue weighted by atomic mass is 10.1. The summed E-state index contributed by atoms with van der Waals surface area (Å²) in [6.45, 7) is 2.02. The van der Waals surface area contributed by atoms with Crippen LogP contribution in [-0.2, 0) is 25.9 Å². The van der Waals surface area contributed by atoms with Gasteiger partial charge >= 0.3 is 0 Å². The molecule has 0 unspecified atom stereocenters. The van der Waals surface area contributed by atoms with Gasteiger partial charge in [0, 0.05) is 11.1 Å². The van der Waals surface area contributed by atoms with E-state index in [9.17, 15) is 0 Å². The average molecular weight is 520 g/mol. The van der Waals surface area contributed by atoms with Gasteiger partial charge in [-0.1, -0.05) is 60.7 Å². The molecule has 6 heteroatoms. The van der Waals surface area contributed by atoms with Gasteiger partial charge in [-0.3, -0.25) is 0 Å². The quantitative estimate of drug-likeness (QED) is 0.234. The molecule has 0 atom stereocenters. The lowest BCUT2D eigenvalue weighted by Gasteiger charge is -1.99. The number of rotatable bonds is 10. The van der Waals surface area contributed by atoms with Gasteiger partial charge in [-0.05, 0) is 61.1 Å². The van der Waals surface area contributed by atoms with Crippen molar-refractivity contribution in [2.75, 3.05) is 0 Å². The molecule has 36 heavy (non-hydrogen) atoms. The van der Waals surface area contributed by atoms with Gasteiger partial charge in [0.15, 0.2) is 11.4 Å². The number of benzene rings is 3. The van der Waals surface area contributed by atoms with Crippen molar-refractivity contribution < 1.29 is 33.9 Å². The van der Waals surface area contributed by atoms with Crippen molar-refractivity contribution in [2.45, 2.75) is 38.8 Å². The largest absolute Gasteiger partial charge is 1.00 e. The highest BCUT2D eigenvalue weighted by Gasteiger charge is 2.11. The van der Waals surface area contributed by atoms with Crippen molar-refractivity contribution in [3.8, 4) is 22.5 Å². The molecule has 0 bridgehead atoms. The molecule has 2 heterocycles. The molecule has 0 amide bonds. The maximum atomic E-state index is 3.42. The standard InChI is InChI=1S/C30H30N4.2ClH/c1-3-9-25(10-4-1)13-7-19-33-21-29(31-23-33)27-15-17-28(18-16-27)30-22-34(24-32-30)20-8-14-26-11-5-2-6-12-26;;/h1-6,9-12,15-18,21-24H,7-8,13-14,19-20H2;2*1H. The Labute approximate surface area is 225 Å². The van der Waals surface area contributed by atoms with Crippen molar-refractivity contribution in [1.29, 1.82) is 0 Å². The van der Waals surface area contributed by atoms with E-state index in [2.05, 4.69) is 129 Å². The van der Waals surface area contributed by atoms with Crippen LogP contribution in [0, 0.1) is 0 Å². The fourth-order valence-electron chi connectivity index (χ4n) is 4.41. The first-order chi connectivity index (χ1) is 16.8. The van der Waals surface area contributed by atoms with Gasteiger partial charge in [-0.2, -0.15) is 0 Å². The van der Waals surface area contributed by atoms with Gasteiger partial charge in [-0.25, -0.2) is 19.1 Å². The minimum absolute atomic E-state index is 0. The molecule has 4 nitrogen and oxygen atoms in total. The highest BCUT2D eigenvalue weighted by atomic mass is 35.5. The Bertz CT molecular complexity index is 1190. The summed E-state index contributed by atoms with van der Waals surface area (Å²) in [7, 11) is 0. The second-order valence-corrected chi connectivity index (χ2v) is 8.86. The summed E-state index contributed by atoms with van der Waals surface area (Å²) in [5.74, 6) is 0. The molecule has 0 spiro atoms. The molecular formula is C30H32Cl2N4. The van der Waals surface area contributed by atoms with Crippen LogP contribution in [-0.4, -0.2) is 9.97 Å². The summed E-state index contributed by atoms with van der Waals surface area (Å²) in [5.41, 5.74) is 7.50. The molecule has 186 valence electrons. The van der Waals surface area contributed by atoms with E-state index in [-0.39, 0.29) is 24.8 Å². The van der Waals surface area contributed by atoms with Crippen molar-refractivity contribution in [3.05, 3.63) is 121 Å². The van der Waals surface area contributed by atoms with Crippen LogP contribution in [0.25, 0.3) is 22.5 Å². The number of aromatic amines is 2. The summed E-state index contributed by atoms with van der Waals surface area (Å²) in [6, 6.07) is 30.1. The van der Waals surface area contributed by atoms with E-state index < -0.39 is 0 Å². The maximum Gasteiger partial charge on any atom is 0.242 e. The average Bonchev–Trinajstić information content (AvgIpc) is 3.56. The molecule has 0 saturated carbocycles. The van der Waals surface area contributed by atoms with Crippen LogP contribution < -0.4 is 33.9 Å². The lowest BCUT2D eigenvalue weighted by molar-refractivity contribution is -0.695. The third kappa shape index (κ3) is 7.33. The van der Waals surface area contributed by atoms with E-state index >= 15 is 0 Å². The molecule has 0 radical (unpaired) electrons. The van der Waals surface area contributed by atoms with E-state index in [0.717, 1.165) is 50.2 Å². The molecule has 3 aromatic carbocycles. The third-order valence-electron chi connectivity index (χ3n) is 6.32. The molecule has 0 aliphatic carbocycles. The number of imidazole rings is 2. The van der Waals surface area contributed by atoms with Crippen LogP contribution in [0.3, 0.4) is 0 Å². The smallest absolute Gasteiger partial charge is 0.242 e. The number of H-pyrrole nitrogens is 2. The zero-order chi connectivity index (χ0) is 23.0. The lowest BCUT2D eigenvalue weighted by Crippen LogP contribution is -3.00. The minimum Gasteiger partial charge on any atom is -1.00 e. The first kappa shape index (κ1) is 27.3. The second kappa shape index (κ2) is 13.7. The Balaban J connectivity index is 0.00000180. The molecule has 0 aliphatic heterocycles. The van der Waals surface area contributed by atoms with E-state index in [4.69, 9.17) is 0 Å². The SMILES string of the molecule is [Cl-].[Cl-].c1ccc(CCC[n+]2c[nH]c(-c3ccc(-c4c[n+](CCCc5ccccc5)c[nH]4)cc3)c2)cc1. The van der Waals surface area contributed by atoms with Crippen LogP contribution >= 0.6 is 0 Å². The third-order valence-corrected chi connectivity index (χ3v) is 6.32. The van der Waals surface area contributed by atoms with Crippen molar-refractivity contribution in [3.63, 3.8) is 0 Å². The molecule has 5 aromatic rings. The van der Waals surface area contributed by atoms with Crippen molar-refractivity contribution in [2.24, 2.45) is 0 Å². The fourth-order valence-corrected chi connectivity index (χ4v) is 4.41. The van der Waals surface area contributed by atoms with Gasteiger partial charge < -0.3 is 24.8 Å². The number of halogens is 2. The Morgan fingerprint density at radius 2 is 0.889 bits per heavy atom. The van der Waals surface area contributed by atoms with Crippen LogP contribution in [0.2, 0.25) is 0 Å². The van der Waals surface area contributed by atoms with Crippen LogP contribution in [0.1, 0.15) is 24.0 Å². The first-order valence-corrected chi connectivity index (χ1v) is 12.2. The summed E-state index contributed by atoms with van der Waals surface area (Å²) < 4.78 is 4.49. The zero-order valence-electron chi connectivity index (χ0n) is 20.3. The molecular weight excluding hydrogens is 487 g/mol. The predicted molar refractivity (Wildman–Crippen MR) is 136 cm³/mol. The number of hydrogen-bond acceptors (Lipinski definition) is 0. The minimum atomic E-state index is 0. The monoisotopic (exact) mass is 518 g/mol. The van der Waals surface area contributed by atoms with Crippen LogP contribution in [0.4, 0.5) is 0 Å². The molecule has 5 rings (SSSR count). The second-order valence-electron chi connectivity index (χ2n) is 8.86. The number of aryl methyl sites for hydroxylation is 4. The number of hydrogen-bond donors (Lipinski definition) is 2. The van der Waals surface area contributed by atoms with E-state index in [1.807, 2.05) is 0 Å². The van der Waals surface area contributed by atoms with Gasteiger partial charge in [0.1, 0.15) is 12.4 Å². The van der Waals surface area contributed by atoms with Crippen molar-refractivity contribution in [1.82, 2.24) is 9.97 Å². The Hall–Kier alpha value is -3.34. The number of nitrogens with one attached hydrogen (secondary N) is 2. The fraction of sp³-hybridized carbons (Fsp3) is 0.200.